The SMILES string of the molecule is Cc1ccc(-c2nc(N3N=C(c4cccc(Br)c4)C[C@@H]3c3cccc(Br)c3)nc3ccccc23)cc1. The third-order valence-corrected chi connectivity index (χ3v) is 7.41. The zero-order chi connectivity index (χ0) is 24.6. The number of hydrogen-bond donors (Lipinski definition) is 0. The minimum Gasteiger partial charge on any atom is -0.223 e. The van der Waals surface area contributed by atoms with Gasteiger partial charge in [0.2, 0.25) is 5.95 Å². The highest BCUT2D eigenvalue weighted by Gasteiger charge is 2.32. The van der Waals surface area contributed by atoms with Crippen molar-refractivity contribution < 1.29 is 0 Å². The summed E-state index contributed by atoms with van der Waals surface area (Å²) in [6.07, 6.45) is 0.753. The predicted octanol–water partition coefficient (Wildman–Crippen LogP) is 8.49. The Morgan fingerprint density at radius 2 is 1.50 bits per heavy atom. The number of para-hydroxylation sites is 1. The molecule has 1 atom stereocenters. The molecule has 2 heterocycles. The topological polar surface area (TPSA) is 41.4 Å². The molecule has 0 saturated heterocycles. The van der Waals surface area contributed by atoms with Crippen LogP contribution < -0.4 is 5.01 Å². The molecule has 1 aromatic heterocycles. The first-order chi connectivity index (χ1) is 17.5. The van der Waals surface area contributed by atoms with Crippen LogP contribution in [0.2, 0.25) is 0 Å². The Morgan fingerprint density at radius 3 is 2.28 bits per heavy atom. The number of halogens is 2. The van der Waals surface area contributed by atoms with Crippen LogP contribution in [0.25, 0.3) is 22.2 Å². The molecule has 0 unspecified atom stereocenters. The van der Waals surface area contributed by atoms with Gasteiger partial charge >= 0.3 is 0 Å². The number of rotatable bonds is 4. The van der Waals surface area contributed by atoms with E-state index in [0.29, 0.717) is 5.95 Å². The van der Waals surface area contributed by atoms with Gasteiger partial charge in [-0.15, -0.1) is 0 Å². The molecule has 0 N–H and O–H groups in total. The summed E-state index contributed by atoms with van der Waals surface area (Å²) in [5, 5.41) is 8.12. The molecule has 0 spiro atoms. The monoisotopic (exact) mass is 596 g/mol. The highest BCUT2D eigenvalue weighted by atomic mass is 79.9. The maximum atomic E-state index is 5.11. The fraction of sp³-hybridized carbons (Fsp3) is 0.100. The fourth-order valence-corrected chi connectivity index (χ4v) is 5.43. The largest absolute Gasteiger partial charge is 0.247 e. The highest BCUT2D eigenvalue weighted by molar-refractivity contribution is 9.10. The zero-order valence-corrected chi connectivity index (χ0v) is 22.7. The number of aromatic nitrogens is 2. The molecule has 6 rings (SSSR count). The molecule has 6 heteroatoms. The van der Waals surface area contributed by atoms with E-state index in [0.717, 1.165) is 54.4 Å². The summed E-state index contributed by atoms with van der Waals surface area (Å²) in [6.45, 7) is 2.10. The Bertz CT molecular complexity index is 1610. The van der Waals surface area contributed by atoms with Crippen LogP contribution in [-0.4, -0.2) is 15.7 Å². The van der Waals surface area contributed by atoms with E-state index in [1.165, 1.54) is 5.56 Å². The summed E-state index contributed by atoms with van der Waals surface area (Å²) in [6, 6.07) is 33.3. The molecule has 4 aromatic carbocycles. The first-order valence-corrected chi connectivity index (χ1v) is 13.4. The number of hydrazone groups is 1. The molecule has 176 valence electrons. The first kappa shape index (κ1) is 23.1. The quantitative estimate of drug-likeness (QED) is 0.208. The number of hydrogen-bond acceptors (Lipinski definition) is 4. The minimum absolute atomic E-state index is 0.0245. The van der Waals surface area contributed by atoms with Crippen LogP contribution in [0.1, 0.15) is 29.2 Å². The Hall–Kier alpha value is -3.35. The second-order valence-electron chi connectivity index (χ2n) is 8.93. The van der Waals surface area contributed by atoms with E-state index >= 15 is 0 Å². The Balaban J connectivity index is 1.53. The number of benzene rings is 4. The molecule has 5 aromatic rings. The molecule has 0 aliphatic carbocycles. The van der Waals surface area contributed by atoms with E-state index in [2.05, 4.69) is 99.4 Å². The summed E-state index contributed by atoms with van der Waals surface area (Å²) in [5.41, 5.74) is 7.35. The Morgan fingerprint density at radius 1 is 0.750 bits per heavy atom. The molecule has 36 heavy (non-hydrogen) atoms. The van der Waals surface area contributed by atoms with Crippen LogP contribution in [0.3, 0.4) is 0 Å². The van der Waals surface area contributed by atoms with Gasteiger partial charge in [-0.25, -0.2) is 15.0 Å². The third-order valence-electron chi connectivity index (χ3n) is 6.42. The molecular weight excluding hydrogens is 576 g/mol. The van der Waals surface area contributed by atoms with Gasteiger partial charge < -0.3 is 0 Å². The second-order valence-corrected chi connectivity index (χ2v) is 10.8. The van der Waals surface area contributed by atoms with E-state index in [-0.39, 0.29) is 6.04 Å². The van der Waals surface area contributed by atoms with Crippen LogP contribution in [0.4, 0.5) is 5.95 Å². The maximum absolute atomic E-state index is 5.11. The van der Waals surface area contributed by atoms with Gasteiger partial charge in [-0.3, -0.25) is 0 Å². The van der Waals surface area contributed by atoms with Crippen molar-refractivity contribution in [1.82, 2.24) is 9.97 Å². The first-order valence-electron chi connectivity index (χ1n) is 11.8. The zero-order valence-electron chi connectivity index (χ0n) is 19.6. The van der Waals surface area contributed by atoms with Crippen molar-refractivity contribution in [1.29, 1.82) is 0 Å². The van der Waals surface area contributed by atoms with Crippen molar-refractivity contribution in [3.8, 4) is 11.3 Å². The van der Waals surface area contributed by atoms with Gasteiger partial charge in [-0.1, -0.05) is 104 Å². The van der Waals surface area contributed by atoms with E-state index in [4.69, 9.17) is 15.1 Å². The lowest BCUT2D eigenvalue weighted by atomic mass is 9.98. The molecule has 0 fully saturated rings. The van der Waals surface area contributed by atoms with Gasteiger partial charge in [-0.05, 0) is 48.4 Å². The number of nitrogens with zero attached hydrogens (tertiary/aromatic N) is 4. The number of anilines is 1. The molecule has 0 saturated carbocycles. The Kier molecular flexibility index (Phi) is 6.15. The molecular formula is C30H22Br2N4. The predicted molar refractivity (Wildman–Crippen MR) is 154 cm³/mol. The summed E-state index contributed by atoms with van der Waals surface area (Å²) >= 11 is 7.25. The standard InChI is InChI=1S/C30H22Br2N4/c1-19-12-14-20(15-13-19)29-25-10-2-3-11-26(25)33-30(34-29)36-28(22-7-5-9-24(32)17-22)18-27(35-36)21-6-4-8-23(31)16-21/h2-17,28H,18H2,1H3/t28-/m1/s1. The van der Waals surface area contributed by atoms with E-state index in [9.17, 15) is 0 Å². The van der Waals surface area contributed by atoms with Gasteiger partial charge in [0.05, 0.1) is 23.0 Å². The van der Waals surface area contributed by atoms with Crippen LogP contribution in [0, 0.1) is 6.92 Å². The Labute approximate surface area is 227 Å². The molecule has 1 aliphatic rings. The maximum Gasteiger partial charge on any atom is 0.247 e. The number of aryl methyl sites for hydroxylation is 1. The van der Waals surface area contributed by atoms with E-state index < -0.39 is 0 Å². The molecule has 4 nitrogen and oxygen atoms in total. The molecule has 1 aliphatic heterocycles. The van der Waals surface area contributed by atoms with Crippen molar-refractivity contribution >= 4 is 54.4 Å². The lowest BCUT2D eigenvalue weighted by Gasteiger charge is -2.23. The van der Waals surface area contributed by atoms with E-state index in [1.54, 1.807) is 0 Å². The summed E-state index contributed by atoms with van der Waals surface area (Å²) < 4.78 is 2.07. The van der Waals surface area contributed by atoms with E-state index in [1.807, 2.05) is 41.4 Å². The van der Waals surface area contributed by atoms with Crippen molar-refractivity contribution in [2.75, 3.05) is 5.01 Å². The van der Waals surface area contributed by atoms with Gasteiger partial charge in [0.15, 0.2) is 0 Å². The van der Waals surface area contributed by atoms with Gasteiger partial charge in [0.1, 0.15) is 0 Å². The van der Waals surface area contributed by atoms with Gasteiger partial charge in [0.25, 0.3) is 0 Å². The molecule has 0 bridgehead atoms. The number of fused-ring (bicyclic) bond motifs is 1. The summed E-state index contributed by atoms with van der Waals surface area (Å²) in [4.78, 5) is 10.1. The normalized spacial score (nSPS) is 15.4. The van der Waals surface area contributed by atoms with Crippen molar-refractivity contribution in [2.45, 2.75) is 19.4 Å². The van der Waals surface area contributed by atoms with Crippen LogP contribution in [0.5, 0.6) is 0 Å². The van der Waals surface area contributed by atoms with Crippen molar-refractivity contribution in [3.63, 3.8) is 0 Å². The third kappa shape index (κ3) is 4.47. The molecule has 0 amide bonds. The second kappa shape index (κ2) is 9.60. The average Bonchev–Trinajstić information content (AvgIpc) is 3.34. The van der Waals surface area contributed by atoms with Crippen molar-refractivity contribution in [2.24, 2.45) is 5.10 Å². The summed E-state index contributed by atoms with van der Waals surface area (Å²) in [5.74, 6) is 0.597. The molecule has 0 radical (unpaired) electrons. The minimum atomic E-state index is -0.0245. The highest BCUT2D eigenvalue weighted by Crippen LogP contribution is 2.38. The van der Waals surface area contributed by atoms with Crippen LogP contribution in [-0.2, 0) is 0 Å². The van der Waals surface area contributed by atoms with Crippen molar-refractivity contribution in [3.05, 3.63) is 123 Å². The van der Waals surface area contributed by atoms with Gasteiger partial charge in [-0.2, -0.15) is 5.10 Å². The average molecular weight is 598 g/mol. The summed E-state index contributed by atoms with van der Waals surface area (Å²) in [7, 11) is 0. The van der Waals surface area contributed by atoms with Gasteiger partial charge in [0, 0.05) is 26.3 Å². The lowest BCUT2D eigenvalue weighted by Crippen LogP contribution is -2.21. The fourth-order valence-electron chi connectivity index (χ4n) is 4.61. The van der Waals surface area contributed by atoms with Crippen LogP contribution >= 0.6 is 31.9 Å². The smallest absolute Gasteiger partial charge is 0.223 e. The lowest BCUT2D eigenvalue weighted by molar-refractivity contribution is 0.688. The van der Waals surface area contributed by atoms with Crippen LogP contribution in [0.15, 0.2) is 111 Å².